The number of nitrogens with two attached hydrogens (primary N) is 1. The van der Waals surface area contributed by atoms with E-state index in [9.17, 15) is 14.7 Å². The second kappa shape index (κ2) is 26.7. The summed E-state index contributed by atoms with van der Waals surface area (Å²) in [5.41, 5.74) is 2.28. The summed E-state index contributed by atoms with van der Waals surface area (Å²) < 4.78 is 15.0. The van der Waals surface area contributed by atoms with Gasteiger partial charge in [0.1, 0.15) is 18.5 Å². The zero-order valence-electron chi connectivity index (χ0n) is 26.1. The van der Waals surface area contributed by atoms with E-state index in [0.717, 1.165) is 36.4 Å². The number of methoxy groups -OCH3 is 1. The number of unbranched alkanes of at least 4 members (excludes halogenated alkanes) is 2. The Morgan fingerprint density at radius 3 is 2.35 bits per heavy atom. The number of thiazole rings is 1. The van der Waals surface area contributed by atoms with Crippen molar-refractivity contribution in [2.75, 3.05) is 13.7 Å². The van der Waals surface area contributed by atoms with Crippen molar-refractivity contribution in [2.24, 2.45) is 15.8 Å². The predicted molar refractivity (Wildman–Crippen MR) is 178 cm³/mol. The molecule has 9 heteroatoms. The Hall–Kier alpha value is -1.14. The van der Waals surface area contributed by atoms with Gasteiger partial charge in [0.2, 0.25) is 0 Å². The normalized spacial score (nSPS) is 24.2. The molecule has 1 aliphatic heterocycles. The van der Waals surface area contributed by atoms with Crippen molar-refractivity contribution in [1.82, 2.24) is 4.98 Å². The number of carbonyl (C=O) groups excluding carboxylic acids is 2. The SMILES string of the molecule is C/C=C\c1csc(C)n1.CCCCC.COC1/C=C(/C)CCC[C@H](C)C[C@@H](C)C(=O)CC(O)CC(=O)OC1.NI. The van der Waals surface area contributed by atoms with Crippen molar-refractivity contribution < 1.29 is 24.2 Å². The highest BCUT2D eigenvalue weighted by Crippen LogP contribution is 2.22. The number of esters is 1. The van der Waals surface area contributed by atoms with Crippen LogP contribution in [-0.2, 0) is 19.1 Å². The van der Waals surface area contributed by atoms with Gasteiger partial charge in [0.05, 0.1) is 23.2 Å². The Balaban J connectivity index is 0. The molecule has 1 aromatic rings. The van der Waals surface area contributed by atoms with E-state index in [4.69, 9.17) is 9.47 Å². The summed E-state index contributed by atoms with van der Waals surface area (Å²) in [7, 11) is 1.58. The molecule has 2 heterocycles. The Bertz CT molecular complexity index is 841. The van der Waals surface area contributed by atoms with Gasteiger partial charge in [-0.05, 0) is 52.0 Å². The van der Waals surface area contributed by atoms with Crippen molar-refractivity contribution in [3.63, 3.8) is 0 Å². The van der Waals surface area contributed by atoms with Crippen LogP contribution in [0.5, 0.6) is 0 Å². The van der Waals surface area contributed by atoms with E-state index in [-0.39, 0.29) is 37.3 Å². The number of aliphatic hydroxyl groups excluding tert-OH is 1. The minimum atomic E-state index is -0.978. The number of aryl methyl sites for hydroxylation is 1. The van der Waals surface area contributed by atoms with Gasteiger partial charge in [0.25, 0.3) is 0 Å². The van der Waals surface area contributed by atoms with Gasteiger partial charge in [-0.2, -0.15) is 0 Å². The number of nitrogens with zero attached hydrogens (tertiary/aromatic N) is 1. The monoisotopic (exact) mass is 694 g/mol. The minimum absolute atomic E-state index is 0.00963. The third-order valence-electron chi connectivity index (χ3n) is 6.28. The maximum atomic E-state index is 12.2. The molecule has 1 aliphatic rings. The van der Waals surface area contributed by atoms with Crippen molar-refractivity contribution in [3.8, 4) is 0 Å². The Labute approximate surface area is 261 Å². The van der Waals surface area contributed by atoms with E-state index >= 15 is 0 Å². The van der Waals surface area contributed by atoms with Crippen molar-refractivity contribution in [1.29, 1.82) is 0 Å². The molecule has 0 aromatic carbocycles. The number of rotatable bonds is 4. The van der Waals surface area contributed by atoms with E-state index in [1.165, 1.54) is 24.8 Å². The average molecular weight is 695 g/mol. The number of hydrogen-bond donors (Lipinski definition) is 2. The lowest BCUT2D eigenvalue weighted by molar-refractivity contribution is -0.148. The van der Waals surface area contributed by atoms with Crippen LogP contribution in [-0.4, -0.2) is 47.8 Å². The highest BCUT2D eigenvalue weighted by Gasteiger charge is 2.22. The molecule has 0 saturated heterocycles. The largest absolute Gasteiger partial charge is 0.462 e. The van der Waals surface area contributed by atoms with Gasteiger partial charge in [-0.15, -0.1) is 11.3 Å². The van der Waals surface area contributed by atoms with E-state index in [2.05, 4.69) is 42.0 Å². The summed E-state index contributed by atoms with van der Waals surface area (Å²) in [6.07, 6.45) is 12.6. The predicted octanol–water partition coefficient (Wildman–Crippen LogP) is 8.02. The molecule has 0 bridgehead atoms. The topological polar surface area (TPSA) is 112 Å². The van der Waals surface area contributed by atoms with Gasteiger partial charge in [0.15, 0.2) is 0 Å². The second-order valence-corrected chi connectivity index (χ2v) is 11.3. The number of ketones is 1. The molecule has 2 rings (SSSR count). The minimum Gasteiger partial charge on any atom is -0.462 e. The molecule has 2 unspecified atom stereocenters. The molecule has 1 aromatic heterocycles. The van der Waals surface area contributed by atoms with E-state index < -0.39 is 12.1 Å². The molecule has 40 heavy (non-hydrogen) atoms. The zero-order valence-corrected chi connectivity index (χ0v) is 29.1. The smallest absolute Gasteiger partial charge is 0.308 e. The highest BCUT2D eigenvalue weighted by atomic mass is 127. The fourth-order valence-corrected chi connectivity index (χ4v) is 4.66. The summed E-state index contributed by atoms with van der Waals surface area (Å²) >= 11 is 3.33. The first kappa shape index (κ1) is 41.0. The summed E-state index contributed by atoms with van der Waals surface area (Å²) in [5, 5.41) is 13.1. The molecular weight excluding hydrogens is 639 g/mol. The van der Waals surface area contributed by atoms with Gasteiger partial charge >= 0.3 is 5.97 Å². The Morgan fingerprint density at radius 1 is 1.20 bits per heavy atom. The van der Waals surface area contributed by atoms with Crippen LogP contribution in [0.2, 0.25) is 0 Å². The number of cyclic esters (lactones) is 1. The van der Waals surface area contributed by atoms with Crippen LogP contribution in [0.25, 0.3) is 6.08 Å². The summed E-state index contributed by atoms with van der Waals surface area (Å²) in [4.78, 5) is 28.2. The molecule has 3 N–H and O–H groups in total. The van der Waals surface area contributed by atoms with Crippen LogP contribution in [0.3, 0.4) is 0 Å². The fraction of sp³-hybridized carbons (Fsp3) is 0.710. The molecule has 4 atom stereocenters. The van der Waals surface area contributed by atoms with Gasteiger partial charge in [-0.25, -0.2) is 4.98 Å². The van der Waals surface area contributed by atoms with Crippen molar-refractivity contribution in [3.05, 3.63) is 33.8 Å². The number of allylic oxidation sites excluding steroid dienone is 2. The van der Waals surface area contributed by atoms with Crippen molar-refractivity contribution in [2.45, 2.75) is 118 Å². The lowest BCUT2D eigenvalue weighted by atomic mass is 9.88. The third kappa shape index (κ3) is 22.5. The average Bonchev–Trinajstić information content (AvgIpc) is 3.33. The molecule has 7 nitrogen and oxygen atoms in total. The number of aromatic nitrogens is 1. The number of Topliss-reactive ketones (excluding diaryl/α,β-unsaturated/α-hetero) is 1. The number of halogens is 1. The molecule has 0 radical (unpaired) electrons. The van der Waals surface area contributed by atoms with Gasteiger partial charge in [-0.1, -0.05) is 71.1 Å². The second-order valence-electron chi connectivity index (χ2n) is 10.3. The van der Waals surface area contributed by atoms with Gasteiger partial charge in [-0.3, -0.25) is 13.5 Å². The maximum Gasteiger partial charge on any atom is 0.308 e. The summed E-state index contributed by atoms with van der Waals surface area (Å²) in [6, 6.07) is 0. The molecule has 0 spiro atoms. The Morgan fingerprint density at radius 2 is 1.85 bits per heavy atom. The molecular formula is C31H55IN2O5S. The van der Waals surface area contributed by atoms with Crippen molar-refractivity contribution >= 4 is 52.0 Å². The number of aliphatic hydroxyl groups is 1. The third-order valence-corrected chi connectivity index (χ3v) is 7.07. The fourth-order valence-electron chi connectivity index (χ4n) is 4.08. The van der Waals surface area contributed by atoms with Crippen LogP contribution >= 0.6 is 34.2 Å². The lowest BCUT2D eigenvalue weighted by Gasteiger charge is -2.19. The molecule has 232 valence electrons. The summed E-state index contributed by atoms with van der Waals surface area (Å²) in [6.45, 7) is 14.7. The standard InChI is InChI=1S/C19H32O5.C7H9NS.C5H12.H2IN/c1-13-6-5-7-14(2)9-17(23-4)12-24-19(22)11-16(20)10-18(21)15(3)8-13;1-3-4-7-5-9-6(2)8-7;1-3-5-4-2;1-2/h9,13,15-17,20H,5-8,10-12H2,1-4H3;3-5H,1-2H3;3-5H2,1-2H3;2H2/b14-9-;4-3-;;/t13-,15+,16?,17?;;;/m0.../s1. The first-order valence-corrected chi connectivity index (χ1v) is 16.5. The first-order valence-electron chi connectivity index (χ1n) is 14.4. The number of carbonyl (C=O) groups is 2. The Kier molecular flexibility index (Phi) is 27.4. The lowest BCUT2D eigenvalue weighted by Crippen LogP contribution is -2.25. The molecule has 0 amide bonds. The van der Waals surface area contributed by atoms with Crippen LogP contribution in [0.15, 0.2) is 23.1 Å². The molecule has 0 aliphatic carbocycles. The van der Waals surface area contributed by atoms with E-state index in [1.54, 1.807) is 41.3 Å². The van der Waals surface area contributed by atoms with Crippen LogP contribution < -0.4 is 3.95 Å². The number of ether oxygens (including phenoxy) is 2. The quantitative estimate of drug-likeness (QED) is 0.142. The van der Waals surface area contributed by atoms with Gasteiger partial charge in [0, 0.05) is 47.7 Å². The van der Waals surface area contributed by atoms with Gasteiger partial charge < -0.3 is 14.6 Å². The van der Waals surface area contributed by atoms with Crippen LogP contribution in [0.1, 0.15) is 110 Å². The highest BCUT2D eigenvalue weighted by molar-refractivity contribution is 14.1. The number of hydrogen-bond acceptors (Lipinski definition) is 8. The van der Waals surface area contributed by atoms with Crippen LogP contribution in [0, 0.1) is 18.8 Å². The first-order chi connectivity index (χ1) is 19.1. The van der Waals surface area contributed by atoms with E-state index in [1.807, 2.05) is 39.0 Å². The summed E-state index contributed by atoms with van der Waals surface area (Å²) in [5.74, 6) is -0.116. The zero-order chi connectivity index (χ0) is 30.9. The van der Waals surface area contributed by atoms with Crippen LogP contribution in [0.4, 0.5) is 0 Å². The molecule has 0 fully saturated rings. The maximum absolute atomic E-state index is 12.2. The molecule has 0 saturated carbocycles. The van der Waals surface area contributed by atoms with E-state index in [0.29, 0.717) is 5.92 Å².